The molecule has 0 radical (unpaired) electrons. The maximum absolute atomic E-state index is 12.6. The van der Waals surface area contributed by atoms with Crippen LogP contribution in [0.4, 0.5) is 5.69 Å². The third-order valence-corrected chi connectivity index (χ3v) is 4.96. The van der Waals surface area contributed by atoms with Crippen molar-refractivity contribution < 1.29 is 14.3 Å². The van der Waals surface area contributed by atoms with Crippen LogP contribution in [-0.4, -0.2) is 48.1 Å². The Morgan fingerprint density at radius 3 is 2.55 bits per heavy atom. The molecule has 31 heavy (non-hydrogen) atoms. The molecule has 0 fully saturated rings. The molecule has 2 N–H and O–H groups in total. The number of anilines is 1. The van der Waals surface area contributed by atoms with Crippen LogP contribution in [0.1, 0.15) is 24.7 Å². The number of hydrogen-bond acceptors (Lipinski definition) is 6. The molecule has 0 spiro atoms. The molecule has 0 aliphatic heterocycles. The molecular weight excluding hydrogens is 396 g/mol. The van der Waals surface area contributed by atoms with Gasteiger partial charge in [0, 0.05) is 11.8 Å². The second-order valence-corrected chi connectivity index (χ2v) is 7.31. The number of carbonyl (C=O) groups excluding carboxylic acids is 1. The highest BCUT2D eigenvalue weighted by Gasteiger charge is 2.15. The monoisotopic (exact) mass is 424 g/mol. The number of carbonyl (C=O) groups is 1. The van der Waals surface area contributed by atoms with Crippen molar-refractivity contribution in [2.24, 2.45) is 0 Å². The predicted octanol–water partition coefficient (Wildman–Crippen LogP) is 3.10. The number of rotatable bonds is 9. The van der Waals surface area contributed by atoms with Gasteiger partial charge in [0.1, 0.15) is 5.82 Å². The number of H-pyrrole nitrogens is 1. The van der Waals surface area contributed by atoms with Crippen LogP contribution in [0, 0.1) is 6.92 Å². The summed E-state index contributed by atoms with van der Waals surface area (Å²) in [6.07, 6.45) is 0.862. The molecule has 8 nitrogen and oxygen atoms in total. The molecule has 0 saturated carbocycles. The van der Waals surface area contributed by atoms with Gasteiger partial charge in [-0.3, -0.25) is 14.5 Å². The van der Waals surface area contributed by atoms with E-state index in [0.29, 0.717) is 41.3 Å². The van der Waals surface area contributed by atoms with Crippen molar-refractivity contribution in [3.63, 3.8) is 0 Å². The summed E-state index contributed by atoms with van der Waals surface area (Å²) in [6, 6.07) is 10.9. The zero-order valence-corrected chi connectivity index (χ0v) is 18.3. The number of amides is 1. The van der Waals surface area contributed by atoms with E-state index in [1.54, 1.807) is 12.1 Å². The van der Waals surface area contributed by atoms with Gasteiger partial charge < -0.3 is 19.8 Å². The Balaban J connectivity index is 1.81. The standard InChI is InChI=1S/C23H28N4O4/c1-5-10-27(14-22(28)25-17-9-7-6-8-15(17)2)13-21-24-18-12-20(31-4)19(30-3)11-16(18)23(29)26-21/h6-9,11-12H,5,10,13-14H2,1-4H3,(H,25,28)(H,24,26,29). The van der Waals surface area contributed by atoms with Gasteiger partial charge in [-0.1, -0.05) is 25.1 Å². The molecular formula is C23H28N4O4. The van der Waals surface area contributed by atoms with E-state index in [0.717, 1.165) is 17.7 Å². The lowest BCUT2D eigenvalue weighted by atomic mass is 10.2. The molecule has 0 atom stereocenters. The maximum Gasteiger partial charge on any atom is 0.258 e. The SMILES string of the molecule is CCCN(CC(=O)Nc1ccccc1C)Cc1nc2cc(OC)c(OC)cc2c(=O)[nH]1. The van der Waals surface area contributed by atoms with Crippen molar-refractivity contribution in [3.05, 3.63) is 58.1 Å². The number of aryl methyl sites for hydroxylation is 1. The first kappa shape index (κ1) is 22.3. The fraction of sp³-hybridized carbons (Fsp3) is 0.348. The summed E-state index contributed by atoms with van der Waals surface area (Å²) < 4.78 is 10.6. The fourth-order valence-corrected chi connectivity index (χ4v) is 3.44. The minimum Gasteiger partial charge on any atom is -0.493 e. The number of benzene rings is 2. The highest BCUT2D eigenvalue weighted by atomic mass is 16.5. The first-order chi connectivity index (χ1) is 14.9. The second-order valence-electron chi connectivity index (χ2n) is 7.31. The molecule has 0 saturated heterocycles. The van der Waals surface area contributed by atoms with Gasteiger partial charge in [-0.05, 0) is 37.6 Å². The van der Waals surface area contributed by atoms with Crippen molar-refractivity contribution in [3.8, 4) is 11.5 Å². The van der Waals surface area contributed by atoms with E-state index in [1.807, 2.05) is 43.0 Å². The molecule has 3 aromatic rings. The Labute approximate surface area is 181 Å². The minimum atomic E-state index is -0.262. The van der Waals surface area contributed by atoms with Crippen molar-refractivity contribution in [1.82, 2.24) is 14.9 Å². The van der Waals surface area contributed by atoms with Crippen molar-refractivity contribution in [2.45, 2.75) is 26.8 Å². The lowest BCUT2D eigenvalue weighted by molar-refractivity contribution is -0.117. The predicted molar refractivity (Wildman–Crippen MR) is 121 cm³/mol. The number of aromatic nitrogens is 2. The number of para-hydroxylation sites is 1. The molecule has 8 heteroatoms. The fourth-order valence-electron chi connectivity index (χ4n) is 3.44. The molecule has 1 aromatic heterocycles. The molecule has 0 bridgehead atoms. The Morgan fingerprint density at radius 2 is 1.87 bits per heavy atom. The summed E-state index contributed by atoms with van der Waals surface area (Å²) in [5, 5.41) is 3.37. The summed E-state index contributed by atoms with van der Waals surface area (Å²) >= 11 is 0. The summed E-state index contributed by atoms with van der Waals surface area (Å²) in [5.74, 6) is 1.34. The van der Waals surface area contributed by atoms with Crippen molar-refractivity contribution in [1.29, 1.82) is 0 Å². The Hall–Kier alpha value is -3.39. The quantitative estimate of drug-likeness (QED) is 0.548. The normalized spacial score (nSPS) is 11.0. The summed E-state index contributed by atoms with van der Waals surface area (Å²) in [4.78, 5) is 34.6. The largest absolute Gasteiger partial charge is 0.493 e. The summed E-state index contributed by atoms with van der Waals surface area (Å²) in [5.41, 5.74) is 2.05. The number of fused-ring (bicyclic) bond motifs is 1. The highest BCUT2D eigenvalue weighted by molar-refractivity contribution is 5.92. The van der Waals surface area contributed by atoms with Gasteiger partial charge in [-0.25, -0.2) is 4.98 Å². The molecule has 0 aliphatic rings. The summed E-state index contributed by atoms with van der Waals surface area (Å²) in [6.45, 7) is 5.21. The van der Waals surface area contributed by atoms with Crippen LogP contribution in [0.3, 0.4) is 0 Å². The first-order valence-corrected chi connectivity index (χ1v) is 10.2. The lowest BCUT2D eigenvalue weighted by Crippen LogP contribution is -2.34. The molecule has 1 heterocycles. The van der Waals surface area contributed by atoms with Crippen LogP contribution in [0.15, 0.2) is 41.2 Å². The zero-order chi connectivity index (χ0) is 22.4. The Bertz CT molecular complexity index is 1130. The number of nitrogens with one attached hydrogen (secondary N) is 2. The van der Waals surface area contributed by atoms with Crippen molar-refractivity contribution >= 4 is 22.5 Å². The molecule has 0 unspecified atom stereocenters. The van der Waals surface area contributed by atoms with Gasteiger partial charge in [0.05, 0.1) is 38.2 Å². The van der Waals surface area contributed by atoms with E-state index in [4.69, 9.17) is 9.47 Å². The number of nitrogens with zero attached hydrogens (tertiary/aromatic N) is 2. The van der Waals surface area contributed by atoms with Gasteiger partial charge in [-0.15, -0.1) is 0 Å². The van der Waals surface area contributed by atoms with Gasteiger partial charge >= 0.3 is 0 Å². The highest BCUT2D eigenvalue weighted by Crippen LogP contribution is 2.29. The van der Waals surface area contributed by atoms with Crippen LogP contribution in [-0.2, 0) is 11.3 Å². The molecule has 0 aliphatic carbocycles. The van der Waals surface area contributed by atoms with Gasteiger partial charge in [0.2, 0.25) is 5.91 Å². The van der Waals surface area contributed by atoms with E-state index in [1.165, 1.54) is 14.2 Å². The minimum absolute atomic E-state index is 0.114. The van der Waals surface area contributed by atoms with Gasteiger partial charge in [0.15, 0.2) is 11.5 Å². The molecule has 3 rings (SSSR count). The van der Waals surface area contributed by atoms with E-state index in [2.05, 4.69) is 15.3 Å². The Kier molecular flexibility index (Phi) is 7.25. The lowest BCUT2D eigenvalue weighted by Gasteiger charge is -2.21. The van der Waals surface area contributed by atoms with Crippen LogP contribution in [0.5, 0.6) is 11.5 Å². The van der Waals surface area contributed by atoms with Gasteiger partial charge in [0.25, 0.3) is 5.56 Å². The van der Waals surface area contributed by atoms with Crippen LogP contribution < -0.4 is 20.3 Å². The van der Waals surface area contributed by atoms with E-state index in [9.17, 15) is 9.59 Å². The zero-order valence-electron chi connectivity index (χ0n) is 18.3. The smallest absolute Gasteiger partial charge is 0.258 e. The number of ether oxygens (including phenoxy) is 2. The Morgan fingerprint density at radius 1 is 1.16 bits per heavy atom. The number of hydrogen-bond donors (Lipinski definition) is 2. The molecule has 1 amide bonds. The maximum atomic E-state index is 12.6. The van der Waals surface area contributed by atoms with E-state index < -0.39 is 0 Å². The molecule has 2 aromatic carbocycles. The van der Waals surface area contributed by atoms with Crippen molar-refractivity contribution in [2.75, 3.05) is 32.6 Å². The second kappa shape index (κ2) is 10.1. The van der Waals surface area contributed by atoms with Crippen LogP contribution in [0.2, 0.25) is 0 Å². The van der Waals surface area contributed by atoms with E-state index in [-0.39, 0.29) is 18.0 Å². The van der Waals surface area contributed by atoms with Gasteiger partial charge in [-0.2, -0.15) is 0 Å². The number of methoxy groups -OCH3 is 2. The van der Waals surface area contributed by atoms with Crippen LogP contribution >= 0.6 is 0 Å². The van der Waals surface area contributed by atoms with E-state index >= 15 is 0 Å². The molecule has 164 valence electrons. The topological polar surface area (TPSA) is 96.6 Å². The van der Waals surface area contributed by atoms with Crippen LogP contribution in [0.25, 0.3) is 10.9 Å². The summed E-state index contributed by atoms with van der Waals surface area (Å²) in [7, 11) is 3.05. The number of aromatic amines is 1. The average Bonchev–Trinajstić information content (AvgIpc) is 2.74. The average molecular weight is 425 g/mol. The first-order valence-electron chi connectivity index (χ1n) is 10.2. The third-order valence-electron chi connectivity index (χ3n) is 4.96. The third kappa shape index (κ3) is 5.40.